The van der Waals surface area contributed by atoms with Gasteiger partial charge in [-0.25, -0.2) is 0 Å². The zero-order chi connectivity index (χ0) is 14.5. The molecule has 1 saturated heterocycles. The summed E-state index contributed by atoms with van der Waals surface area (Å²) in [5, 5.41) is 0. The smallest absolute Gasteiger partial charge is 0.253 e. The third-order valence-corrected chi connectivity index (χ3v) is 3.76. The molecule has 3 nitrogen and oxygen atoms in total. The minimum Gasteiger partial charge on any atom is -0.336 e. The summed E-state index contributed by atoms with van der Waals surface area (Å²) < 4.78 is 0. The van der Waals surface area contributed by atoms with Crippen molar-refractivity contribution in [2.45, 2.75) is 20.3 Å². The van der Waals surface area contributed by atoms with E-state index in [9.17, 15) is 4.79 Å². The summed E-state index contributed by atoms with van der Waals surface area (Å²) in [6.07, 6.45) is 1.01. The first-order valence-electron chi connectivity index (χ1n) is 7.35. The van der Waals surface area contributed by atoms with Crippen molar-refractivity contribution in [2.75, 3.05) is 32.7 Å². The van der Waals surface area contributed by atoms with Gasteiger partial charge < -0.3 is 4.90 Å². The van der Waals surface area contributed by atoms with Crippen LogP contribution in [0.1, 0.15) is 29.8 Å². The van der Waals surface area contributed by atoms with Crippen LogP contribution in [0.3, 0.4) is 0 Å². The molecule has 0 bridgehead atoms. The van der Waals surface area contributed by atoms with Gasteiger partial charge in [0.2, 0.25) is 0 Å². The molecule has 0 aliphatic carbocycles. The second-order valence-corrected chi connectivity index (χ2v) is 5.58. The Bertz CT molecular complexity index is 470. The summed E-state index contributed by atoms with van der Waals surface area (Å²) >= 11 is 0. The van der Waals surface area contributed by atoms with Crippen LogP contribution in [0.4, 0.5) is 0 Å². The van der Waals surface area contributed by atoms with Gasteiger partial charge in [0, 0.05) is 38.3 Å². The number of amides is 1. The average molecular weight is 272 g/mol. The Kier molecular flexibility index (Phi) is 4.96. The Labute approximate surface area is 121 Å². The maximum Gasteiger partial charge on any atom is 0.253 e. The Morgan fingerprint density at radius 2 is 1.75 bits per heavy atom. The van der Waals surface area contributed by atoms with Crippen molar-refractivity contribution in [1.82, 2.24) is 9.80 Å². The second-order valence-electron chi connectivity index (χ2n) is 5.58. The van der Waals surface area contributed by atoms with Crippen LogP contribution in [-0.4, -0.2) is 48.4 Å². The number of rotatable bonds is 4. The van der Waals surface area contributed by atoms with Crippen LogP contribution < -0.4 is 0 Å². The molecule has 0 aromatic heterocycles. The molecular formula is C17H24N2O. The average Bonchev–Trinajstić information content (AvgIpc) is 2.47. The number of carbonyl (C=O) groups is 1. The van der Waals surface area contributed by atoms with Crippen LogP contribution in [0.15, 0.2) is 36.4 Å². The van der Waals surface area contributed by atoms with Gasteiger partial charge in [0.05, 0.1) is 0 Å². The minimum absolute atomic E-state index is 0.155. The van der Waals surface area contributed by atoms with E-state index in [1.54, 1.807) is 0 Å². The molecule has 2 rings (SSSR count). The number of aryl methyl sites for hydroxylation is 1. The topological polar surface area (TPSA) is 23.6 Å². The van der Waals surface area contributed by atoms with E-state index in [2.05, 4.69) is 18.4 Å². The highest BCUT2D eigenvalue weighted by Gasteiger charge is 2.21. The lowest BCUT2D eigenvalue weighted by Gasteiger charge is -2.34. The summed E-state index contributed by atoms with van der Waals surface area (Å²) in [6.45, 7) is 12.5. The first kappa shape index (κ1) is 14.8. The van der Waals surface area contributed by atoms with E-state index in [4.69, 9.17) is 0 Å². The highest BCUT2D eigenvalue weighted by molar-refractivity contribution is 5.94. The van der Waals surface area contributed by atoms with Gasteiger partial charge in [-0.15, -0.1) is 0 Å². The van der Waals surface area contributed by atoms with Gasteiger partial charge in [0.25, 0.3) is 5.91 Å². The molecule has 0 N–H and O–H groups in total. The lowest BCUT2D eigenvalue weighted by Crippen LogP contribution is -2.48. The highest BCUT2D eigenvalue weighted by atomic mass is 16.2. The molecule has 1 heterocycles. The predicted octanol–water partition coefficient (Wildman–Crippen LogP) is 2.58. The number of hydrogen-bond acceptors (Lipinski definition) is 2. The van der Waals surface area contributed by atoms with Gasteiger partial charge in [0.1, 0.15) is 0 Å². The molecular weight excluding hydrogens is 248 g/mol. The van der Waals surface area contributed by atoms with Gasteiger partial charge in [-0.3, -0.25) is 9.69 Å². The summed E-state index contributed by atoms with van der Waals surface area (Å²) in [4.78, 5) is 16.7. The molecule has 0 radical (unpaired) electrons. The van der Waals surface area contributed by atoms with E-state index in [0.717, 1.165) is 44.7 Å². The molecule has 1 amide bonds. The lowest BCUT2D eigenvalue weighted by atomic mass is 10.1. The van der Waals surface area contributed by atoms with Crippen molar-refractivity contribution in [2.24, 2.45) is 0 Å². The molecule has 108 valence electrons. The van der Waals surface area contributed by atoms with Crippen LogP contribution in [0, 0.1) is 0 Å². The Balaban J connectivity index is 1.92. The summed E-state index contributed by atoms with van der Waals surface area (Å²) in [6, 6.07) is 7.98. The minimum atomic E-state index is 0.155. The van der Waals surface area contributed by atoms with Crippen molar-refractivity contribution >= 4 is 5.91 Å². The summed E-state index contributed by atoms with van der Waals surface area (Å²) in [7, 11) is 0. The molecule has 0 atom stereocenters. The quantitative estimate of drug-likeness (QED) is 0.787. The van der Waals surface area contributed by atoms with Crippen LogP contribution in [0.5, 0.6) is 0 Å². The van der Waals surface area contributed by atoms with E-state index in [-0.39, 0.29) is 5.91 Å². The second kappa shape index (κ2) is 6.71. The third kappa shape index (κ3) is 3.70. The fraction of sp³-hybridized carbons (Fsp3) is 0.471. The Hall–Kier alpha value is -1.61. The number of benzene rings is 1. The first-order valence-corrected chi connectivity index (χ1v) is 7.35. The van der Waals surface area contributed by atoms with Gasteiger partial charge in [-0.2, -0.15) is 0 Å². The lowest BCUT2D eigenvalue weighted by molar-refractivity contribution is 0.0648. The van der Waals surface area contributed by atoms with Crippen molar-refractivity contribution in [3.05, 3.63) is 47.5 Å². The van der Waals surface area contributed by atoms with Crippen LogP contribution in [0.25, 0.3) is 0 Å². The van der Waals surface area contributed by atoms with Gasteiger partial charge >= 0.3 is 0 Å². The van der Waals surface area contributed by atoms with Crippen LogP contribution in [-0.2, 0) is 6.42 Å². The van der Waals surface area contributed by atoms with E-state index in [1.165, 1.54) is 11.1 Å². The molecule has 0 spiro atoms. The molecule has 1 aromatic rings. The zero-order valence-corrected chi connectivity index (χ0v) is 12.6. The van der Waals surface area contributed by atoms with E-state index < -0.39 is 0 Å². The highest BCUT2D eigenvalue weighted by Crippen LogP contribution is 2.11. The summed E-state index contributed by atoms with van der Waals surface area (Å²) in [5.74, 6) is 0.155. The molecule has 1 aliphatic rings. The summed E-state index contributed by atoms with van der Waals surface area (Å²) in [5.41, 5.74) is 3.25. The van der Waals surface area contributed by atoms with Gasteiger partial charge in [0.15, 0.2) is 0 Å². The third-order valence-electron chi connectivity index (χ3n) is 3.76. The number of hydrogen-bond donors (Lipinski definition) is 0. The monoisotopic (exact) mass is 272 g/mol. The van der Waals surface area contributed by atoms with Crippen LogP contribution >= 0.6 is 0 Å². The molecule has 1 fully saturated rings. The number of carbonyl (C=O) groups excluding carboxylic acids is 1. The van der Waals surface area contributed by atoms with Crippen molar-refractivity contribution < 1.29 is 4.79 Å². The fourth-order valence-electron chi connectivity index (χ4n) is 2.56. The Morgan fingerprint density at radius 1 is 1.15 bits per heavy atom. The number of piperazine rings is 1. The van der Waals surface area contributed by atoms with Crippen molar-refractivity contribution in [1.29, 1.82) is 0 Å². The number of nitrogens with zero attached hydrogens (tertiary/aromatic N) is 2. The standard InChI is InChI=1S/C17H24N2O/c1-4-15-5-7-16(8-6-15)17(20)19-11-9-18(10-12-19)13-14(2)3/h5-8H,2,4,9-13H2,1,3H3. The molecule has 3 heteroatoms. The molecule has 0 unspecified atom stereocenters. The fourth-order valence-corrected chi connectivity index (χ4v) is 2.56. The van der Waals surface area contributed by atoms with Gasteiger partial charge in [-0.1, -0.05) is 31.2 Å². The largest absolute Gasteiger partial charge is 0.336 e. The molecule has 1 aliphatic heterocycles. The van der Waals surface area contributed by atoms with E-state index >= 15 is 0 Å². The van der Waals surface area contributed by atoms with E-state index in [1.807, 2.05) is 36.1 Å². The van der Waals surface area contributed by atoms with E-state index in [0.29, 0.717) is 0 Å². The zero-order valence-electron chi connectivity index (χ0n) is 12.6. The van der Waals surface area contributed by atoms with Crippen LogP contribution in [0.2, 0.25) is 0 Å². The SMILES string of the molecule is C=C(C)CN1CCN(C(=O)c2ccc(CC)cc2)CC1. The van der Waals surface area contributed by atoms with Crippen molar-refractivity contribution in [3.63, 3.8) is 0 Å². The first-order chi connectivity index (χ1) is 9.60. The normalized spacial score (nSPS) is 16.2. The predicted molar refractivity (Wildman–Crippen MR) is 83.0 cm³/mol. The Morgan fingerprint density at radius 3 is 2.25 bits per heavy atom. The van der Waals surface area contributed by atoms with Crippen molar-refractivity contribution in [3.8, 4) is 0 Å². The van der Waals surface area contributed by atoms with Gasteiger partial charge in [-0.05, 0) is 31.0 Å². The molecule has 1 aromatic carbocycles. The molecule has 20 heavy (non-hydrogen) atoms. The maximum atomic E-state index is 12.4. The maximum absolute atomic E-state index is 12.4. The molecule has 0 saturated carbocycles.